The van der Waals surface area contributed by atoms with Gasteiger partial charge in [-0.3, -0.25) is 0 Å². The van der Waals surface area contributed by atoms with Gasteiger partial charge in [-0.25, -0.2) is 0 Å². The Labute approximate surface area is 102 Å². The third-order valence-electron chi connectivity index (χ3n) is 2.41. The number of nitrogens with zero attached hydrogens (tertiary/aromatic N) is 2. The first-order valence-corrected chi connectivity index (χ1v) is 6.30. The molecule has 0 aliphatic carbocycles. The highest BCUT2D eigenvalue weighted by Crippen LogP contribution is 2.15. The van der Waals surface area contributed by atoms with Gasteiger partial charge >= 0.3 is 0 Å². The standard InChI is InChI=1S/C12H19N3S/c1-10(6-7-15(2)3)14-9-12-5-4-11(8-13)16-12/h4-5,10,14H,6-7,9H2,1-3H3. The summed E-state index contributed by atoms with van der Waals surface area (Å²) in [5, 5.41) is 12.2. The number of nitriles is 1. The summed E-state index contributed by atoms with van der Waals surface area (Å²) < 4.78 is 0. The lowest BCUT2D eigenvalue weighted by Gasteiger charge is -2.16. The van der Waals surface area contributed by atoms with Crippen molar-refractivity contribution in [2.45, 2.75) is 25.9 Å². The lowest BCUT2D eigenvalue weighted by Crippen LogP contribution is -2.29. The predicted molar refractivity (Wildman–Crippen MR) is 68.5 cm³/mol. The molecule has 1 atom stereocenters. The van der Waals surface area contributed by atoms with Crippen LogP contribution in [-0.4, -0.2) is 31.6 Å². The average molecular weight is 237 g/mol. The molecule has 0 spiro atoms. The third-order valence-corrected chi connectivity index (χ3v) is 3.40. The van der Waals surface area contributed by atoms with Crippen molar-refractivity contribution in [3.05, 3.63) is 21.9 Å². The molecule has 0 radical (unpaired) electrons. The summed E-state index contributed by atoms with van der Waals surface area (Å²) in [4.78, 5) is 4.21. The molecule has 0 aromatic carbocycles. The van der Waals surface area contributed by atoms with Crippen molar-refractivity contribution in [1.82, 2.24) is 10.2 Å². The molecule has 0 aliphatic heterocycles. The van der Waals surface area contributed by atoms with Crippen molar-refractivity contribution in [3.8, 4) is 6.07 Å². The van der Waals surface area contributed by atoms with Gasteiger partial charge in [0.15, 0.2) is 0 Å². The van der Waals surface area contributed by atoms with Crippen molar-refractivity contribution in [1.29, 1.82) is 5.26 Å². The van der Waals surface area contributed by atoms with Crippen molar-refractivity contribution in [3.63, 3.8) is 0 Å². The lowest BCUT2D eigenvalue weighted by atomic mass is 10.2. The van der Waals surface area contributed by atoms with E-state index in [1.165, 1.54) is 4.88 Å². The number of rotatable bonds is 6. The fourth-order valence-electron chi connectivity index (χ4n) is 1.36. The first-order valence-electron chi connectivity index (χ1n) is 5.48. The van der Waals surface area contributed by atoms with Crippen LogP contribution in [0.5, 0.6) is 0 Å². The molecule has 0 aliphatic rings. The molecule has 1 rings (SSSR count). The van der Waals surface area contributed by atoms with Gasteiger partial charge in [-0.15, -0.1) is 11.3 Å². The number of hydrogen-bond acceptors (Lipinski definition) is 4. The Balaban J connectivity index is 2.26. The van der Waals surface area contributed by atoms with Crippen molar-refractivity contribution in [2.75, 3.05) is 20.6 Å². The van der Waals surface area contributed by atoms with Gasteiger partial charge in [0.1, 0.15) is 10.9 Å². The zero-order chi connectivity index (χ0) is 12.0. The lowest BCUT2D eigenvalue weighted by molar-refractivity contribution is 0.366. The summed E-state index contributed by atoms with van der Waals surface area (Å²) in [7, 11) is 4.18. The molecule has 1 aromatic rings. The zero-order valence-corrected chi connectivity index (χ0v) is 11.0. The van der Waals surface area contributed by atoms with Crippen LogP contribution in [0, 0.1) is 11.3 Å². The van der Waals surface area contributed by atoms with Crippen LogP contribution in [-0.2, 0) is 6.54 Å². The van der Waals surface area contributed by atoms with Gasteiger partial charge in [0.05, 0.1) is 0 Å². The second-order valence-corrected chi connectivity index (χ2v) is 5.42. The molecule has 1 unspecified atom stereocenters. The number of hydrogen-bond donors (Lipinski definition) is 1. The van der Waals surface area contributed by atoms with Gasteiger partial charge < -0.3 is 10.2 Å². The molecule has 0 bridgehead atoms. The van der Waals surface area contributed by atoms with Crippen LogP contribution in [0.4, 0.5) is 0 Å². The average Bonchev–Trinajstić information content (AvgIpc) is 2.71. The van der Waals surface area contributed by atoms with Crippen molar-refractivity contribution >= 4 is 11.3 Å². The van der Waals surface area contributed by atoms with Crippen molar-refractivity contribution < 1.29 is 0 Å². The Bertz CT molecular complexity index is 351. The Morgan fingerprint density at radius 2 is 2.25 bits per heavy atom. The smallest absolute Gasteiger partial charge is 0.110 e. The highest BCUT2D eigenvalue weighted by atomic mass is 32.1. The molecule has 16 heavy (non-hydrogen) atoms. The van der Waals surface area contributed by atoms with E-state index in [2.05, 4.69) is 37.3 Å². The number of thiophene rings is 1. The molecule has 4 heteroatoms. The molecular formula is C12H19N3S. The SMILES string of the molecule is CC(CCN(C)C)NCc1ccc(C#N)s1. The molecule has 0 saturated heterocycles. The summed E-state index contributed by atoms with van der Waals surface area (Å²) >= 11 is 1.57. The van der Waals surface area contributed by atoms with Gasteiger partial charge in [-0.2, -0.15) is 5.26 Å². The monoisotopic (exact) mass is 237 g/mol. The summed E-state index contributed by atoms with van der Waals surface area (Å²) in [5.74, 6) is 0. The van der Waals surface area contributed by atoms with E-state index in [-0.39, 0.29) is 0 Å². The molecule has 1 heterocycles. The fraction of sp³-hybridized carbons (Fsp3) is 0.583. The van der Waals surface area contributed by atoms with Crippen LogP contribution in [0.15, 0.2) is 12.1 Å². The molecule has 1 N–H and O–H groups in total. The highest BCUT2D eigenvalue weighted by Gasteiger charge is 2.04. The van der Waals surface area contributed by atoms with Crippen LogP contribution in [0.1, 0.15) is 23.1 Å². The molecule has 88 valence electrons. The molecule has 0 amide bonds. The Morgan fingerprint density at radius 1 is 1.50 bits per heavy atom. The second-order valence-electron chi connectivity index (χ2n) is 4.25. The Hall–Kier alpha value is -0.890. The van der Waals surface area contributed by atoms with E-state index in [4.69, 9.17) is 5.26 Å². The van der Waals surface area contributed by atoms with Crippen LogP contribution in [0.2, 0.25) is 0 Å². The molecule has 0 fully saturated rings. The van der Waals surface area contributed by atoms with Crippen LogP contribution in [0.25, 0.3) is 0 Å². The minimum atomic E-state index is 0.509. The van der Waals surface area contributed by atoms with E-state index in [0.29, 0.717) is 6.04 Å². The summed E-state index contributed by atoms with van der Waals surface area (Å²) in [6, 6.07) is 6.57. The third kappa shape index (κ3) is 4.75. The maximum Gasteiger partial charge on any atom is 0.110 e. The molecule has 1 aromatic heterocycles. The summed E-state index contributed by atoms with van der Waals surface area (Å²) in [6.07, 6.45) is 1.14. The van der Waals surface area contributed by atoms with Crippen LogP contribution in [0.3, 0.4) is 0 Å². The van der Waals surface area contributed by atoms with Crippen LogP contribution >= 0.6 is 11.3 Å². The minimum Gasteiger partial charge on any atom is -0.309 e. The summed E-state index contributed by atoms with van der Waals surface area (Å²) in [5.41, 5.74) is 0. The molecule has 0 saturated carbocycles. The highest BCUT2D eigenvalue weighted by molar-refractivity contribution is 7.12. The first-order chi connectivity index (χ1) is 7.61. The topological polar surface area (TPSA) is 39.1 Å². The largest absolute Gasteiger partial charge is 0.309 e. The first kappa shape index (κ1) is 13.2. The van der Waals surface area contributed by atoms with Gasteiger partial charge in [0.25, 0.3) is 0 Å². The van der Waals surface area contributed by atoms with Crippen LogP contribution < -0.4 is 5.32 Å². The molecule has 3 nitrogen and oxygen atoms in total. The quantitative estimate of drug-likeness (QED) is 0.823. The van der Waals surface area contributed by atoms with E-state index < -0.39 is 0 Å². The van der Waals surface area contributed by atoms with E-state index in [9.17, 15) is 0 Å². The summed E-state index contributed by atoms with van der Waals surface area (Å²) in [6.45, 7) is 4.16. The Kier molecular flexibility index (Phi) is 5.47. The molecular weight excluding hydrogens is 218 g/mol. The number of nitrogens with one attached hydrogen (secondary N) is 1. The van der Waals surface area contributed by atoms with Gasteiger partial charge in [0.2, 0.25) is 0 Å². The normalized spacial score (nSPS) is 12.7. The maximum absolute atomic E-state index is 8.71. The van der Waals surface area contributed by atoms with E-state index in [1.807, 2.05) is 12.1 Å². The second kappa shape index (κ2) is 6.64. The van der Waals surface area contributed by atoms with E-state index in [1.54, 1.807) is 11.3 Å². The van der Waals surface area contributed by atoms with Crippen molar-refractivity contribution in [2.24, 2.45) is 0 Å². The van der Waals surface area contributed by atoms with Gasteiger partial charge in [-0.05, 0) is 46.1 Å². The zero-order valence-electron chi connectivity index (χ0n) is 10.2. The predicted octanol–water partition coefficient (Wildman–Crippen LogP) is 2.05. The van der Waals surface area contributed by atoms with E-state index >= 15 is 0 Å². The Morgan fingerprint density at radius 3 is 2.81 bits per heavy atom. The maximum atomic E-state index is 8.71. The van der Waals surface area contributed by atoms with Gasteiger partial charge in [0, 0.05) is 17.5 Å². The fourth-order valence-corrected chi connectivity index (χ4v) is 2.12. The minimum absolute atomic E-state index is 0.509. The van der Waals surface area contributed by atoms with Gasteiger partial charge in [-0.1, -0.05) is 0 Å². The van der Waals surface area contributed by atoms with E-state index in [0.717, 1.165) is 24.4 Å².